The van der Waals surface area contributed by atoms with Crippen molar-refractivity contribution >= 4 is 11.7 Å². The molecule has 4 nitrogen and oxygen atoms in total. The molecule has 1 saturated heterocycles. The van der Waals surface area contributed by atoms with Crippen LogP contribution in [0.3, 0.4) is 0 Å². The van der Waals surface area contributed by atoms with E-state index < -0.39 is 0 Å². The second-order valence-corrected chi connectivity index (χ2v) is 8.31. The summed E-state index contributed by atoms with van der Waals surface area (Å²) < 4.78 is 6.50. The van der Waals surface area contributed by atoms with Gasteiger partial charge in [0, 0.05) is 19.4 Å². The van der Waals surface area contributed by atoms with Crippen molar-refractivity contribution in [2.45, 2.75) is 89.3 Å². The Labute approximate surface area is 145 Å². The van der Waals surface area contributed by atoms with Gasteiger partial charge in [0.1, 0.15) is 5.84 Å². The Bertz CT molecular complexity index is 468. The maximum Gasteiger partial charge on any atom is 0.225 e. The van der Waals surface area contributed by atoms with Crippen molar-refractivity contribution in [3.63, 3.8) is 0 Å². The largest absolute Gasteiger partial charge is 0.374 e. The van der Waals surface area contributed by atoms with Crippen LogP contribution in [-0.4, -0.2) is 30.5 Å². The Balaban J connectivity index is 1.45. The van der Waals surface area contributed by atoms with Gasteiger partial charge >= 0.3 is 0 Å². The molecular weight excluding hydrogens is 300 g/mol. The van der Waals surface area contributed by atoms with E-state index in [0.29, 0.717) is 36.4 Å². The van der Waals surface area contributed by atoms with E-state index in [1.165, 1.54) is 51.4 Å². The number of carbonyl (C=O) groups excluding carboxylic acids is 1. The summed E-state index contributed by atoms with van der Waals surface area (Å²) >= 11 is 0. The van der Waals surface area contributed by atoms with E-state index in [2.05, 4.69) is 10.3 Å². The summed E-state index contributed by atoms with van der Waals surface area (Å²) in [5.41, 5.74) is 0. The molecule has 4 unspecified atom stereocenters. The first-order valence-electron chi connectivity index (χ1n) is 10.3. The number of nitrogens with zero attached hydrogens (tertiary/aromatic N) is 1. The van der Waals surface area contributed by atoms with Crippen LogP contribution >= 0.6 is 0 Å². The van der Waals surface area contributed by atoms with Gasteiger partial charge in [-0.2, -0.15) is 0 Å². The summed E-state index contributed by atoms with van der Waals surface area (Å²) in [5, 5.41) is 3.13. The summed E-state index contributed by atoms with van der Waals surface area (Å²) in [6.45, 7) is 0.877. The Morgan fingerprint density at radius 2 is 1.62 bits per heavy atom. The van der Waals surface area contributed by atoms with Gasteiger partial charge in [-0.25, -0.2) is 0 Å². The van der Waals surface area contributed by atoms with Crippen molar-refractivity contribution < 1.29 is 9.53 Å². The molecule has 2 heterocycles. The maximum absolute atomic E-state index is 12.7. The smallest absolute Gasteiger partial charge is 0.225 e. The molecule has 1 N–H and O–H groups in total. The number of nitrogens with one attached hydrogen (secondary N) is 1. The van der Waals surface area contributed by atoms with E-state index in [9.17, 15) is 4.79 Å². The van der Waals surface area contributed by atoms with Crippen LogP contribution in [0.15, 0.2) is 4.99 Å². The van der Waals surface area contributed by atoms with E-state index in [1.54, 1.807) is 0 Å². The van der Waals surface area contributed by atoms with Crippen LogP contribution in [0.2, 0.25) is 0 Å². The van der Waals surface area contributed by atoms with Crippen molar-refractivity contribution in [2.75, 3.05) is 6.54 Å². The first-order chi connectivity index (χ1) is 11.8. The molecule has 2 aliphatic carbocycles. The molecule has 0 bridgehead atoms. The highest BCUT2D eigenvalue weighted by molar-refractivity contribution is 5.98. The zero-order valence-electron chi connectivity index (χ0n) is 14.8. The summed E-state index contributed by atoms with van der Waals surface area (Å²) in [5.74, 6) is 2.88. The molecule has 24 heavy (non-hydrogen) atoms. The van der Waals surface area contributed by atoms with Crippen LogP contribution in [0.25, 0.3) is 0 Å². The maximum atomic E-state index is 12.7. The van der Waals surface area contributed by atoms with Gasteiger partial charge < -0.3 is 10.1 Å². The molecule has 1 amide bonds. The molecule has 2 aliphatic heterocycles. The number of rotatable bonds is 2. The number of ether oxygens (including phenoxy) is 1. The topological polar surface area (TPSA) is 50.7 Å². The van der Waals surface area contributed by atoms with Crippen molar-refractivity contribution in [2.24, 2.45) is 22.7 Å². The Morgan fingerprint density at radius 3 is 2.25 bits per heavy atom. The van der Waals surface area contributed by atoms with Crippen molar-refractivity contribution in [3.05, 3.63) is 0 Å². The number of hydrogen-bond donors (Lipinski definition) is 1. The molecule has 2 saturated carbocycles. The third-order valence-electron chi connectivity index (χ3n) is 6.79. The summed E-state index contributed by atoms with van der Waals surface area (Å²) in [7, 11) is 0. The SMILES string of the molecule is O=C(CC1C2CCCCC2OC2CCCCC21)NC1=NCCCC1. The lowest BCUT2D eigenvalue weighted by Crippen LogP contribution is -2.51. The van der Waals surface area contributed by atoms with Crippen molar-refractivity contribution in [3.8, 4) is 0 Å². The van der Waals surface area contributed by atoms with E-state index in [-0.39, 0.29) is 5.91 Å². The molecular formula is C20H32N2O2. The summed E-state index contributed by atoms with van der Waals surface area (Å²) in [6.07, 6.45) is 14.9. The van der Waals surface area contributed by atoms with Crippen molar-refractivity contribution in [1.29, 1.82) is 0 Å². The minimum atomic E-state index is 0.205. The number of hydrogen-bond acceptors (Lipinski definition) is 3. The van der Waals surface area contributed by atoms with Crippen molar-refractivity contribution in [1.82, 2.24) is 5.32 Å². The lowest BCUT2D eigenvalue weighted by atomic mass is 9.64. The van der Waals surface area contributed by atoms with Crippen LogP contribution in [0, 0.1) is 17.8 Å². The van der Waals surface area contributed by atoms with Gasteiger partial charge in [-0.3, -0.25) is 9.79 Å². The van der Waals surface area contributed by atoms with Crippen LogP contribution < -0.4 is 5.32 Å². The minimum Gasteiger partial charge on any atom is -0.374 e. The van der Waals surface area contributed by atoms with Gasteiger partial charge in [-0.05, 0) is 56.3 Å². The van der Waals surface area contributed by atoms with Crippen LogP contribution in [-0.2, 0) is 9.53 Å². The number of amidine groups is 1. The van der Waals surface area contributed by atoms with E-state index in [4.69, 9.17) is 4.74 Å². The Hall–Kier alpha value is -0.900. The van der Waals surface area contributed by atoms with Crippen LogP contribution in [0.5, 0.6) is 0 Å². The average molecular weight is 332 g/mol. The Kier molecular flexibility index (Phi) is 5.21. The van der Waals surface area contributed by atoms with Crippen LogP contribution in [0.4, 0.5) is 0 Å². The summed E-state index contributed by atoms with van der Waals surface area (Å²) in [6, 6.07) is 0. The fourth-order valence-corrected chi connectivity index (χ4v) is 5.64. The molecule has 4 aliphatic rings. The molecule has 4 atom stereocenters. The highest BCUT2D eigenvalue weighted by atomic mass is 16.5. The zero-order chi connectivity index (χ0) is 16.4. The first-order valence-corrected chi connectivity index (χ1v) is 10.3. The number of amides is 1. The predicted molar refractivity (Wildman–Crippen MR) is 95.0 cm³/mol. The Morgan fingerprint density at radius 1 is 0.958 bits per heavy atom. The first kappa shape index (κ1) is 16.6. The number of aliphatic imine (C=N–C) groups is 1. The predicted octanol–water partition coefficient (Wildman–Crippen LogP) is 3.84. The highest BCUT2D eigenvalue weighted by Crippen LogP contribution is 2.48. The fourth-order valence-electron chi connectivity index (χ4n) is 5.64. The molecule has 3 fully saturated rings. The second-order valence-electron chi connectivity index (χ2n) is 8.31. The molecule has 0 aromatic rings. The number of fused-ring (bicyclic) bond motifs is 2. The van der Waals surface area contributed by atoms with E-state index in [0.717, 1.165) is 31.6 Å². The third-order valence-corrected chi connectivity index (χ3v) is 6.79. The molecule has 0 aromatic heterocycles. The second kappa shape index (κ2) is 7.55. The molecule has 4 heteroatoms. The van der Waals surface area contributed by atoms with E-state index in [1.807, 2.05) is 0 Å². The fraction of sp³-hybridized carbons (Fsp3) is 0.900. The molecule has 0 spiro atoms. The van der Waals surface area contributed by atoms with Gasteiger partial charge in [0.2, 0.25) is 5.91 Å². The molecule has 0 aromatic carbocycles. The quantitative estimate of drug-likeness (QED) is 0.835. The van der Waals surface area contributed by atoms with Gasteiger partial charge in [-0.1, -0.05) is 25.7 Å². The highest BCUT2D eigenvalue weighted by Gasteiger charge is 2.47. The molecule has 0 radical (unpaired) electrons. The lowest BCUT2D eigenvalue weighted by Gasteiger charge is -2.51. The minimum absolute atomic E-state index is 0.205. The van der Waals surface area contributed by atoms with Gasteiger partial charge in [0.15, 0.2) is 0 Å². The monoisotopic (exact) mass is 332 g/mol. The van der Waals surface area contributed by atoms with Crippen LogP contribution in [0.1, 0.15) is 77.0 Å². The van der Waals surface area contributed by atoms with E-state index >= 15 is 0 Å². The zero-order valence-corrected chi connectivity index (χ0v) is 14.8. The van der Waals surface area contributed by atoms with Gasteiger partial charge in [0.25, 0.3) is 0 Å². The molecule has 4 rings (SSSR count). The normalized spacial score (nSPS) is 39.3. The average Bonchev–Trinajstić information content (AvgIpc) is 2.62. The standard InChI is InChI=1S/C20H32N2O2/c23-20(22-19-11-5-6-12-21-19)13-16-14-7-1-3-9-17(14)24-18-10-4-2-8-15(16)18/h14-18H,1-13H2,(H,21,22,23). The number of carbonyl (C=O) groups is 1. The lowest BCUT2D eigenvalue weighted by molar-refractivity contribution is -0.173. The summed E-state index contributed by atoms with van der Waals surface area (Å²) in [4.78, 5) is 17.2. The van der Waals surface area contributed by atoms with Gasteiger partial charge in [-0.15, -0.1) is 0 Å². The third kappa shape index (κ3) is 3.54. The van der Waals surface area contributed by atoms with Gasteiger partial charge in [0.05, 0.1) is 12.2 Å². The molecule has 134 valence electrons.